The minimum atomic E-state index is -0.105. The zero-order valence-corrected chi connectivity index (χ0v) is 18.3. The van der Waals surface area contributed by atoms with Crippen molar-refractivity contribution in [1.82, 2.24) is 15.2 Å². The summed E-state index contributed by atoms with van der Waals surface area (Å²) in [6, 6.07) is 1.96. The van der Waals surface area contributed by atoms with E-state index < -0.39 is 0 Å². The van der Waals surface area contributed by atoms with Gasteiger partial charge in [-0.1, -0.05) is 25.6 Å². The summed E-state index contributed by atoms with van der Waals surface area (Å²) in [5.74, 6) is 1.70. The summed E-state index contributed by atoms with van der Waals surface area (Å²) in [7, 11) is 0. The normalized spacial score (nSPS) is 22.9. The van der Waals surface area contributed by atoms with Crippen LogP contribution in [0.2, 0.25) is 0 Å². The number of nitrogens with one attached hydrogen (secondary N) is 1. The number of likely N-dealkylation sites (tertiary alicyclic amines) is 1. The molecule has 1 N–H and O–H groups in total. The van der Waals surface area contributed by atoms with Gasteiger partial charge in [-0.25, -0.2) is 4.98 Å². The molecule has 0 bridgehead atoms. The molecule has 7 heteroatoms. The highest BCUT2D eigenvalue weighted by Crippen LogP contribution is 2.36. The van der Waals surface area contributed by atoms with Gasteiger partial charge in [0.1, 0.15) is 11.6 Å². The number of pyridine rings is 1. The van der Waals surface area contributed by atoms with E-state index in [4.69, 9.17) is 0 Å². The van der Waals surface area contributed by atoms with Crippen molar-refractivity contribution in [3.63, 3.8) is 0 Å². The number of hydrogen-bond donors (Lipinski definition) is 1. The van der Waals surface area contributed by atoms with Crippen molar-refractivity contribution in [3.05, 3.63) is 17.3 Å². The highest BCUT2D eigenvalue weighted by atomic mass is 32.2. The average molecular weight is 405 g/mol. The number of thioether (sulfide) groups is 1. The second-order valence-corrected chi connectivity index (χ2v) is 9.38. The number of aryl methyl sites for hydroxylation is 2. The highest BCUT2D eigenvalue weighted by molar-refractivity contribution is 8.00. The minimum Gasteiger partial charge on any atom is -0.355 e. The molecule has 1 aromatic heterocycles. The van der Waals surface area contributed by atoms with Gasteiger partial charge in [0.2, 0.25) is 11.8 Å². The highest BCUT2D eigenvalue weighted by Gasteiger charge is 2.29. The van der Waals surface area contributed by atoms with Gasteiger partial charge in [-0.2, -0.15) is 0 Å². The molecule has 1 fully saturated rings. The maximum Gasteiger partial charge on any atom is 0.240 e. The van der Waals surface area contributed by atoms with E-state index in [9.17, 15) is 9.59 Å². The number of carbonyl (C=O) groups is 2. The van der Waals surface area contributed by atoms with E-state index in [1.807, 2.05) is 19.9 Å². The van der Waals surface area contributed by atoms with Crippen LogP contribution < -0.4 is 10.2 Å². The molecule has 2 amide bonds. The Morgan fingerprint density at radius 1 is 1.29 bits per heavy atom. The Bertz CT molecular complexity index is 729. The van der Waals surface area contributed by atoms with Crippen LogP contribution in [-0.4, -0.2) is 60.2 Å². The van der Waals surface area contributed by atoms with Crippen LogP contribution >= 0.6 is 11.8 Å². The summed E-state index contributed by atoms with van der Waals surface area (Å²) >= 11 is 1.45. The standard InChI is InChI=1S/C21H32N4O2S/c1-14-8-15(2)11-24(10-14)7-5-6-22-18(26)12-25-19(27)13-28-21-20(25)16(3)9-17(4)23-21/h9,14-15H,5-8,10-13H2,1-4H3,(H,22,26). The molecular formula is C21H32N4O2S. The molecule has 2 atom stereocenters. The Balaban J connectivity index is 1.49. The van der Waals surface area contributed by atoms with Gasteiger partial charge in [0, 0.05) is 25.3 Å². The van der Waals surface area contributed by atoms with Gasteiger partial charge in [0.15, 0.2) is 0 Å². The Kier molecular flexibility index (Phi) is 6.99. The molecule has 0 saturated carbocycles. The smallest absolute Gasteiger partial charge is 0.240 e. The van der Waals surface area contributed by atoms with Crippen LogP contribution in [0.4, 0.5) is 5.69 Å². The molecule has 3 heterocycles. The predicted octanol–water partition coefficient (Wildman–Crippen LogP) is 2.62. The number of nitrogens with zero attached hydrogens (tertiary/aromatic N) is 3. The zero-order valence-electron chi connectivity index (χ0n) is 17.5. The SMILES string of the molecule is Cc1cc(C)c2c(n1)SCC(=O)N2CC(=O)NCCCN1CC(C)CC(C)C1. The fourth-order valence-electron chi connectivity index (χ4n) is 4.43. The number of carbonyl (C=O) groups excluding carboxylic acids is 2. The van der Waals surface area contributed by atoms with Gasteiger partial charge in [0.25, 0.3) is 0 Å². The van der Waals surface area contributed by atoms with E-state index in [1.54, 1.807) is 4.90 Å². The molecule has 0 spiro atoms. The average Bonchev–Trinajstić information content (AvgIpc) is 2.60. The molecule has 0 aliphatic carbocycles. The Hall–Kier alpha value is -1.60. The van der Waals surface area contributed by atoms with Crippen molar-refractivity contribution in [2.24, 2.45) is 11.8 Å². The summed E-state index contributed by atoms with van der Waals surface area (Å²) < 4.78 is 0. The summed E-state index contributed by atoms with van der Waals surface area (Å²) in [5, 5.41) is 3.83. The lowest BCUT2D eigenvalue weighted by molar-refractivity contribution is -0.123. The van der Waals surface area contributed by atoms with Crippen molar-refractivity contribution in [3.8, 4) is 0 Å². The lowest BCUT2D eigenvalue weighted by Gasteiger charge is -2.35. The summed E-state index contributed by atoms with van der Waals surface area (Å²) in [6.07, 6.45) is 2.25. The maximum absolute atomic E-state index is 12.5. The lowest BCUT2D eigenvalue weighted by atomic mass is 9.92. The Morgan fingerprint density at radius 3 is 2.71 bits per heavy atom. The quantitative estimate of drug-likeness (QED) is 0.739. The third kappa shape index (κ3) is 5.26. The van der Waals surface area contributed by atoms with E-state index in [1.165, 1.54) is 18.2 Å². The topological polar surface area (TPSA) is 65.5 Å². The van der Waals surface area contributed by atoms with Gasteiger partial charge >= 0.3 is 0 Å². The number of aromatic nitrogens is 1. The van der Waals surface area contributed by atoms with Crippen LogP contribution in [0.5, 0.6) is 0 Å². The van der Waals surface area contributed by atoms with E-state index in [0.717, 1.165) is 59.9 Å². The second kappa shape index (κ2) is 9.27. The zero-order chi connectivity index (χ0) is 20.3. The first kappa shape index (κ1) is 21.1. The van der Waals surface area contributed by atoms with Gasteiger partial charge in [-0.05, 0) is 56.7 Å². The maximum atomic E-state index is 12.5. The monoisotopic (exact) mass is 404 g/mol. The Labute approximate surface area is 172 Å². The van der Waals surface area contributed by atoms with Crippen molar-refractivity contribution in [1.29, 1.82) is 0 Å². The fraction of sp³-hybridized carbons (Fsp3) is 0.667. The molecule has 154 valence electrons. The van der Waals surface area contributed by atoms with E-state index >= 15 is 0 Å². The Morgan fingerprint density at radius 2 is 2.00 bits per heavy atom. The van der Waals surface area contributed by atoms with Crippen LogP contribution in [0.1, 0.15) is 37.9 Å². The van der Waals surface area contributed by atoms with Gasteiger partial charge in [-0.3, -0.25) is 14.5 Å². The predicted molar refractivity (Wildman–Crippen MR) is 114 cm³/mol. The largest absolute Gasteiger partial charge is 0.355 e. The van der Waals surface area contributed by atoms with Gasteiger partial charge in [-0.15, -0.1) is 0 Å². The fourth-order valence-corrected chi connectivity index (χ4v) is 5.46. The van der Waals surface area contributed by atoms with Crippen LogP contribution in [0.25, 0.3) is 0 Å². The number of hydrogen-bond acceptors (Lipinski definition) is 5. The van der Waals surface area contributed by atoms with E-state index in [0.29, 0.717) is 12.3 Å². The molecule has 1 saturated heterocycles. The molecule has 2 aliphatic heterocycles. The molecular weight excluding hydrogens is 372 g/mol. The first-order valence-electron chi connectivity index (χ1n) is 10.2. The molecule has 2 unspecified atom stereocenters. The van der Waals surface area contributed by atoms with Crippen LogP contribution in [0.3, 0.4) is 0 Å². The molecule has 3 rings (SSSR count). The van der Waals surface area contributed by atoms with E-state index in [2.05, 4.69) is 29.0 Å². The second-order valence-electron chi connectivity index (χ2n) is 8.41. The first-order valence-corrected chi connectivity index (χ1v) is 11.2. The molecule has 0 aromatic carbocycles. The first-order chi connectivity index (χ1) is 13.3. The lowest BCUT2D eigenvalue weighted by Crippen LogP contribution is -2.44. The summed E-state index contributed by atoms with van der Waals surface area (Å²) in [6.45, 7) is 12.6. The molecule has 6 nitrogen and oxygen atoms in total. The van der Waals surface area contributed by atoms with Crippen LogP contribution in [-0.2, 0) is 9.59 Å². The van der Waals surface area contributed by atoms with Crippen LogP contribution in [0, 0.1) is 25.7 Å². The summed E-state index contributed by atoms with van der Waals surface area (Å²) in [5.41, 5.74) is 2.71. The van der Waals surface area contributed by atoms with Crippen molar-refractivity contribution in [2.45, 2.75) is 45.6 Å². The van der Waals surface area contributed by atoms with Crippen molar-refractivity contribution in [2.75, 3.05) is 43.4 Å². The molecule has 2 aliphatic rings. The minimum absolute atomic E-state index is 0.0299. The number of amides is 2. The number of rotatable bonds is 6. The number of anilines is 1. The van der Waals surface area contributed by atoms with Crippen LogP contribution in [0.15, 0.2) is 11.1 Å². The van der Waals surface area contributed by atoms with Crippen molar-refractivity contribution < 1.29 is 9.59 Å². The molecule has 28 heavy (non-hydrogen) atoms. The summed E-state index contributed by atoms with van der Waals surface area (Å²) in [4.78, 5) is 33.5. The molecule has 1 aromatic rings. The third-order valence-corrected chi connectivity index (χ3v) is 6.35. The van der Waals surface area contributed by atoms with E-state index in [-0.39, 0.29) is 18.4 Å². The van der Waals surface area contributed by atoms with Gasteiger partial charge in [0.05, 0.1) is 11.4 Å². The van der Waals surface area contributed by atoms with Crippen molar-refractivity contribution >= 4 is 29.3 Å². The van der Waals surface area contributed by atoms with Gasteiger partial charge < -0.3 is 10.2 Å². The number of fused-ring (bicyclic) bond motifs is 1. The number of piperidine rings is 1. The molecule has 0 radical (unpaired) electrons. The third-order valence-electron chi connectivity index (χ3n) is 5.40.